The van der Waals surface area contributed by atoms with Crippen LogP contribution in [-0.2, 0) is 10.0 Å². The average Bonchev–Trinajstić information content (AvgIpc) is 2.21. The van der Waals surface area contributed by atoms with Gasteiger partial charge in [0, 0.05) is 12.6 Å². The smallest absolute Gasteiger partial charge is 0.245 e. The molecule has 0 amide bonds. The molecule has 1 aromatic rings. The Hall–Kier alpha value is -1.14. The van der Waals surface area contributed by atoms with Gasteiger partial charge in [0.05, 0.1) is 5.69 Å². The molecule has 0 unspecified atom stereocenters. The van der Waals surface area contributed by atoms with Crippen molar-refractivity contribution in [1.29, 1.82) is 0 Å². The van der Waals surface area contributed by atoms with E-state index in [-0.39, 0.29) is 16.6 Å². The minimum absolute atomic E-state index is 0.173. The number of sulfonamides is 1. The van der Waals surface area contributed by atoms with E-state index < -0.39 is 15.8 Å². The number of benzene rings is 1. The van der Waals surface area contributed by atoms with Crippen LogP contribution < -0.4 is 5.73 Å². The summed E-state index contributed by atoms with van der Waals surface area (Å²) in [6.45, 7) is 5.57. The van der Waals surface area contributed by atoms with E-state index in [0.29, 0.717) is 6.54 Å². The molecule has 0 saturated heterocycles. The third-order valence-corrected chi connectivity index (χ3v) is 4.70. The second kappa shape index (κ2) is 5.01. The maximum Gasteiger partial charge on any atom is 0.245 e. The Labute approximate surface area is 101 Å². The van der Waals surface area contributed by atoms with Crippen LogP contribution in [0.5, 0.6) is 0 Å². The number of para-hydroxylation sites is 1. The van der Waals surface area contributed by atoms with Gasteiger partial charge in [0.2, 0.25) is 10.0 Å². The van der Waals surface area contributed by atoms with Crippen molar-refractivity contribution in [2.75, 3.05) is 12.3 Å². The number of hydrogen-bond acceptors (Lipinski definition) is 3. The number of halogens is 1. The molecule has 4 nitrogen and oxygen atoms in total. The first-order valence-corrected chi connectivity index (χ1v) is 6.82. The Morgan fingerprint density at radius 1 is 1.41 bits per heavy atom. The lowest BCUT2D eigenvalue weighted by atomic mass is 10.3. The predicted molar refractivity (Wildman–Crippen MR) is 65.5 cm³/mol. The van der Waals surface area contributed by atoms with Gasteiger partial charge in [0.25, 0.3) is 0 Å². The highest BCUT2D eigenvalue weighted by molar-refractivity contribution is 7.89. The lowest BCUT2D eigenvalue weighted by molar-refractivity contribution is 0.369. The minimum atomic E-state index is -3.74. The summed E-state index contributed by atoms with van der Waals surface area (Å²) >= 11 is 0. The van der Waals surface area contributed by atoms with Crippen molar-refractivity contribution in [3.8, 4) is 0 Å². The molecule has 0 aliphatic rings. The van der Waals surface area contributed by atoms with E-state index in [9.17, 15) is 12.8 Å². The molecular weight excluding hydrogens is 243 g/mol. The third-order valence-electron chi connectivity index (χ3n) is 2.49. The van der Waals surface area contributed by atoms with Crippen LogP contribution in [0.2, 0.25) is 0 Å². The molecule has 0 saturated carbocycles. The monoisotopic (exact) mass is 260 g/mol. The summed E-state index contributed by atoms with van der Waals surface area (Å²) in [7, 11) is -3.74. The first-order chi connectivity index (χ1) is 7.82. The van der Waals surface area contributed by atoms with Gasteiger partial charge in [0.15, 0.2) is 0 Å². The highest BCUT2D eigenvalue weighted by Crippen LogP contribution is 2.25. The number of rotatable bonds is 4. The SMILES string of the molecule is CCN(C(C)C)S(=O)(=O)c1cccc(F)c1N. The molecule has 96 valence electrons. The van der Waals surface area contributed by atoms with Gasteiger partial charge in [-0.15, -0.1) is 0 Å². The van der Waals surface area contributed by atoms with Crippen LogP contribution in [0.3, 0.4) is 0 Å². The fourth-order valence-electron chi connectivity index (χ4n) is 1.68. The third kappa shape index (κ3) is 2.58. The van der Waals surface area contributed by atoms with Crippen LogP contribution in [0.1, 0.15) is 20.8 Å². The van der Waals surface area contributed by atoms with Gasteiger partial charge in [-0.1, -0.05) is 13.0 Å². The normalized spacial score (nSPS) is 12.4. The average molecular weight is 260 g/mol. The van der Waals surface area contributed by atoms with Crippen LogP contribution >= 0.6 is 0 Å². The first-order valence-electron chi connectivity index (χ1n) is 5.38. The van der Waals surface area contributed by atoms with Gasteiger partial charge in [-0.05, 0) is 26.0 Å². The second-order valence-corrected chi connectivity index (χ2v) is 5.81. The Bertz CT molecular complexity index is 500. The zero-order valence-corrected chi connectivity index (χ0v) is 11.0. The molecule has 0 aromatic heterocycles. The molecule has 17 heavy (non-hydrogen) atoms. The number of nitrogens with two attached hydrogens (primary N) is 1. The standard InChI is InChI=1S/C11H17FN2O2S/c1-4-14(8(2)3)17(15,16)10-7-5-6-9(12)11(10)13/h5-8H,4,13H2,1-3H3. The highest BCUT2D eigenvalue weighted by Gasteiger charge is 2.28. The van der Waals surface area contributed by atoms with Gasteiger partial charge in [-0.3, -0.25) is 0 Å². The Kier molecular flexibility index (Phi) is 4.11. The van der Waals surface area contributed by atoms with Gasteiger partial charge in [0.1, 0.15) is 10.7 Å². The maximum absolute atomic E-state index is 13.3. The summed E-state index contributed by atoms with van der Waals surface area (Å²) in [5, 5.41) is 0. The largest absolute Gasteiger partial charge is 0.395 e. The number of nitrogens with zero attached hydrogens (tertiary/aromatic N) is 1. The summed E-state index contributed by atoms with van der Waals surface area (Å²) in [6.07, 6.45) is 0. The van der Waals surface area contributed by atoms with Crippen LogP contribution in [0.25, 0.3) is 0 Å². The van der Waals surface area contributed by atoms with E-state index >= 15 is 0 Å². The molecule has 1 aromatic carbocycles. The lowest BCUT2D eigenvalue weighted by Gasteiger charge is -2.24. The van der Waals surface area contributed by atoms with Gasteiger partial charge < -0.3 is 5.73 Å². The zero-order valence-electron chi connectivity index (χ0n) is 10.1. The molecule has 2 N–H and O–H groups in total. The number of anilines is 1. The van der Waals surface area contributed by atoms with Crippen molar-refractivity contribution >= 4 is 15.7 Å². The number of hydrogen-bond donors (Lipinski definition) is 1. The van der Waals surface area contributed by atoms with Crippen LogP contribution in [0.15, 0.2) is 23.1 Å². The molecule has 0 spiro atoms. The van der Waals surface area contributed by atoms with Gasteiger partial charge in [-0.25, -0.2) is 12.8 Å². The molecule has 0 radical (unpaired) electrons. The zero-order chi connectivity index (χ0) is 13.2. The summed E-state index contributed by atoms with van der Waals surface area (Å²) in [6, 6.07) is 3.60. The molecule has 6 heteroatoms. The first kappa shape index (κ1) is 13.9. The highest BCUT2D eigenvalue weighted by atomic mass is 32.2. The van der Waals surface area contributed by atoms with Crippen LogP contribution in [0.4, 0.5) is 10.1 Å². The Morgan fingerprint density at radius 3 is 2.47 bits per heavy atom. The van der Waals surface area contributed by atoms with Crippen LogP contribution in [0, 0.1) is 5.82 Å². The van der Waals surface area contributed by atoms with Gasteiger partial charge in [-0.2, -0.15) is 4.31 Å². The summed E-state index contributed by atoms with van der Waals surface area (Å²) in [4.78, 5) is -0.173. The van der Waals surface area contributed by atoms with Gasteiger partial charge >= 0.3 is 0 Å². The molecule has 0 atom stereocenters. The summed E-state index contributed by atoms with van der Waals surface area (Å²) < 4.78 is 39.1. The van der Waals surface area contributed by atoms with Crippen molar-refractivity contribution in [3.63, 3.8) is 0 Å². The van der Waals surface area contributed by atoms with E-state index in [1.807, 2.05) is 0 Å². The van der Waals surface area contributed by atoms with Crippen molar-refractivity contribution in [1.82, 2.24) is 4.31 Å². The minimum Gasteiger partial charge on any atom is -0.395 e. The molecule has 0 bridgehead atoms. The van der Waals surface area contributed by atoms with Crippen molar-refractivity contribution in [2.45, 2.75) is 31.7 Å². The van der Waals surface area contributed by atoms with Crippen molar-refractivity contribution in [2.24, 2.45) is 0 Å². The molecule has 0 fully saturated rings. The van der Waals surface area contributed by atoms with E-state index in [0.717, 1.165) is 6.07 Å². The van der Waals surface area contributed by atoms with E-state index in [1.54, 1.807) is 20.8 Å². The molecular formula is C11H17FN2O2S. The maximum atomic E-state index is 13.3. The summed E-state index contributed by atoms with van der Waals surface area (Å²) in [5.41, 5.74) is 5.15. The topological polar surface area (TPSA) is 63.4 Å². The van der Waals surface area contributed by atoms with E-state index in [4.69, 9.17) is 5.73 Å². The van der Waals surface area contributed by atoms with Crippen LogP contribution in [-0.4, -0.2) is 25.3 Å². The fraction of sp³-hybridized carbons (Fsp3) is 0.455. The van der Waals surface area contributed by atoms with E-state index in [2.05, 4.69) is 0 Å². The predicted octanol–water partition coefficient (Wildman–Crippen LogP) is 1.83. The van der Waals surface area contributed by atoms with Crippen molar-refractivity contribution in [3.05, 3.63) is 24.0 Å². The molecule has 0 heterocycles. The number of nitrogen functional groups attached to an aromatic ring is 1. The molecule has 0 aliphatic heterocycles. The van der Waals surface area contributed by atoms with Crippen molar-refractivity contribution < 1.29 is 12.8 Å². The molecule has 0 aliphatic carbocycles. The van der Waals surface area contributed by atoms with E-state index in [1.165, 1.54) is 16.4 Å². The molecule has 1 rings (SSSR count). The Balaban J connectivity index is 3.36. The Morgan fingerprint density at radius 2 is 2.00 bits per heavy atom. The fourth-order valence-corrected chi connectivity index (χ4v) is 3.45. The summed E-state index contributed by atoms with van der Waals surface area (Å²) in [5.74, 6) is -0.717. The lowest BCUT2D eigenvalue weighted by Crippen LogP contribution is -2.37. The quantitative estimate of drug-likeness (QED) is 0.840. The second-order valence-electron chi connectivity index (χ2n) is 3.95.